The molecule has 0 saturated heterocycles. The first-order chi connectivity index (χ1) is 25.9. The monoisotopic (exact) mass is 769 g/mol. The smallest absolute Gasteiger partial charge is 0.387 e. The molecule has 53 heavy (non-hydrogen) atoms. The molecule has 0 saturated carbocycles. The van der Waals surface area contributed by atoms with Gasteiger partial charge in [0, 0.05) is 13.0 Å². The molecule has 0 aliphatic rings. The van der Waals surface area contributed by atoms with E-state index in [4.69, 9.17) is 14.8 Å². The van der Waals surface area contributed by atoms with Gasteiger partial charge < -0.3 is 21.1 Å². The summed E-state index contributed by atoms with van der Waals surface area (Å²) in [6, 6.07) is -0.880. The van der Waals surface area contributed by atoms with Crippen molar-refractivity contribution in [2.75, 3.05) is 19.8 Å². The molecule has 1 amide bonds. The van der Waals surface area contributed by atoms with E-state index < -0.39 is 20.0 Å². The predicted molar refractivity (Wildman–Crippen MR) is 226 cm³/mol. The Balaban J connectivity index is 4.25. The maximum absolute atomic E-state index is 12.7. The molecule has 5 N–H and O–H groups in total. The zero-order chi connectivity index (χ0) is 38.9. The summed E-state index contributed by atoms with van der Waals surface area (Å²) in [5.74, 6) is -0.213. The molecule has 0 spiro atoms. The third-order valence-corrected chi connectivity index (χ3v) is 10.7. The van der Waals surface area contributed by atoms with Crippen LogP contribution in [-0.4, -0.2) is 47.8 Å². The van der Waals surface area contributed by atoms with Crippen molar-refractivity contribution in [2.45, 2.75) is 219 Å². The van der Waals surface area contributed by atoms with Crippen molar-refractivity contribution in [3.05, 3.63) is 36.5 Å². The molecule has 0 fully saturated rings. The first kappa shape index (κ1) is 51.7. The van der Waals surface area contributed by atoms with Gasteiger partial charge in [0.05, 0.1) is 25.4 Å². The topological polar surface area (TPSA) is 131 Å². The number of hydrogen-bond donors (Lipinski definition) is 4. The average molecular weight is 769 g/mol. The molecule has 0 aromatic heterocycles. The normalized spacial score (nSPS) is 14.4. The van der Waals surface area contributed by atoms with Gasteiger partial charge in [0.2, 0.25) is 5.91 Å². The molecule has 0 aromatic rings. The Kier molecular flexibility index (Phi) is 39.4. The minimum atomic E-state index is -4.35. The highest BCUT2D eigenvalue weighted by molar-refractivity contribution is 7.47. The number of allylic oxidation sites excluding steroid dienone is 5. The van der Waals surface area contributed by atoms with Crippen LogP contribution in [0, 0.1) is 0 Å². The summed E-state index contributed by atoms with van der Waals surface area (Å²) in [5.41, 5.74) is 5.37. The summed E-state index contributed by atoms with van der Waals surface area (Å²) >= 11 is 0. The zero-order valence-electron chi connectivity index (χ0n) is 34.5. The fourth-order valence-corrected chi connectivity index (χ4v) is 7.08. The summed E-state index contributed by atoms with van der Waals surface area (Å²) in [6.45, 7) is 4.10. The maximum atomic E-state index is 12.7. The van der Waals surface area contributed by atoms with Crippen LogP contribution in [0.2, 0.25) is 0 Å². The number of rotatable bonds is 41. The fourth-order valence-electron chi connectivity index (χ4n) is 6.32. The molecule has 312 valence electrons. The van der Waals surface area contributed by atoms with Crippen LogP contribution >= 0.6 is 7.82 Å². The second-order valence-electron chi connectivity index (χ2n) is 14.9. The molecular formula is C44H85N2O6P. The Hall–Kier alpha value is -1.28. The predicted octanol–water partition coefficient (Wildman–Crippen LogP) is 12.3. The van der Waals surface area contributed by atoms with E-state index in [-0.39, 0.29) is 25.7 Å². The fraction of sp³-hybridized carbons (Fsp3) is 0.841. The van der Waals surface area contributed by atoms with Crippen LogP contribution in [0.5, 0.6) is 0 Å². The van der Waals surface area contributed by atoms with Gasteiger partial charge in [-0.25, -0.2) is 4.57 Å². The number of nitrogens with two attached hydrogens (primary N) is 1. The summed E-state index contributed by atoms with van der Waals surface area (Å²) in [4.78, 5) is 22.7. The third kappa shape index (κ3) is 38.8. The van der Waals surface area contributed by atoms with Crippen LogP contribution < -0.4 is 11.1 Å². The van der Waals surface area contributed by atoms with Gasteiger partial charge in [-0.3, -0.25) is 13.8 Å². The van der Waals surface area contributed by atoms with Crippen molar-refractivity contribution in [3.63, 3.8) is 0 Å². The highest BCUT2D eigenvalue weighted by Crippen LogP contribution is 2.43. The Labute approximate surface area is 327 Å². The summed E-state index contributed by atoms with van der Waals surface area (Å²) in [7, 11) is -4.35. The van der Waals surface area contributed by atoms with Crippen molar-refractivity contribution in [2.24, 2.45) is 5.73 Å². The van der Waals surface area contributed by atoms with Gasteiger partial charge in [-0.2, -0.15) is 0 Å². The van der Waals surface area contributed by atoms with Crippen LogP contribution in [0.15, 0.2) is 36.5 Å². The van der Waals surface area contributed by atoms with Gasteiger partial charge in [-0.1, -0.05) is 179 Å². The van der Waals surface area contributed by atoms with E-state index >= 15 is 0 Å². The largest absolute Gasteiger partial charge is 0.472 e. The SMILES string of the molecule is CCCCCCC/C=C\CCCCCCCC(=O)NC(COP(=O)(O)OCCN)C(O)/C=C/CC/C=C/CCCCCCCCCCCCCCCC. The number of hydrogen-bond acceptors (Lipinski definition) is 6. The van der Waals surface area contributed by atoms with Gasteiger partial charge >= 0.3 is 7.82 Å². The van der Waals surface area contributed by atoms with E-state index in [9.17, 15) is 19.4 Å². The van der Waals surface area contributed by atoms with Gasteiger partial charge in [0.15, 0.2) is 0 Å². The highest BCUT2D eigenvalue weighted by atomic mass is 31.2. The molecule has 0 bridgehead atoms. The zero-order valence-corrected chi connectivity index (χ0v) is 35.4. The number of carbonyl (C=O) groups is 1. The molecule has 3 atom stereocenters. The lowest BCUT2D eigenvalue weighted by Gasteiger charge is -2.23. The van der Waals surface area contributed by atoms with Crippen LogP contribution in [0.1, 0.15) is 206 Å². The minimum Gasteiger partial charge on any atom is -0.387 e. The lowest BCUT2D eigenvalue weighted by Crippen LogP contribution is -2.45. The Morgan fingerprint density at radius 2 is 1.00 bits per heavy atom. The number of phosphoric acid groups is 1. The molecule has 8 nitrogen and oxygen atoms in total. The van der Waals surface area contributed by atoms with Crippen LogP contribution in [0.4, 0.5) is 0 Å². The number of carbonyl (C=O) groups excluding carboxylic acids is 1. The van der Waals surface area contributed by atoms with Crippen molar-refractivity contribution in [1.82, 2.24) is 5.32 Å². The van der Waals surface area contributed by atoms with E-state index in [0.29, 0.717) is 6.42 Å². The lowest BCUT2D eigenvalue weighted by molar-refractivity contribution is -0.123. The molecule has 0 aliphatic heterocycles. The van der Waals surface area contributed by atoms with Gasteiger partial charge in [0.1, 0.15) is 0 Å². The van der Waals surface area contributed by atoms with E-state index in [1.54, 1.807) is 6.08 Å². The highest BCUT2D eigenvalue weighted by Gasteiger charge is 2.26. The first-order valence-corrected chi connectivity index (χ1v) is 23.6. The lowest BCUT2D eigenvalue weighted by atomic mass is 10.0. The van der Waals surface area contributed by atoms with Gasteiger partial charge in [0.25, 0.3) is 0 Å². The molecule has 3 unspecified atom stereocenters. The summed E-state index contributed by atoms with van der Waals surface area (Å²) in [6.07, 6.45) is 47.7. The Morgan fingerprint density at radius 1 is 0.604 bits per heavy atom. The van der Waals surface area contributed by atoms with E-state index in [1.165, 1.54) is 135 Å². The molecule has 9 heteroatoms. The van der Waals surface area contributed by atoms with Crippen LogP contribution in [0.25, 0.3) is 0 Å². The van der Waals surface area contributed by atoms with Crippen molar-refractivity contribution >= 4 is 13.7 Å². The van der Waals surface area contributed by atoms with Gasteiger partial charge in [-0.05, 0) is 57.8 Å². The second-order valence-corrected chi connectivity index (χ2v) is 16.3. The number of unbranched alkanes of at least 4 members (excludes halogenated alkanes) is 25. The van der Waals surface area contributed by atoms with E-state index in [2.05, 4.69) is 43.5 Å². The third-order valence-electron chi connectivity index (χ3n) is 9.69. The number of aliphatic hydroxyl groups excluding tert-OH is 1. The average Bonchev–Trinajstić information content (AvgIpc) is 3.14. The minimum absolute atomic E-state index is 0.0726. The van der Waals surface area contributed by atoms with E-state index in [1.807, 2.05) is 6.08 Å². The van der Waals surface area contributed by atoms with Gasteiger partial charge in [-0.15, -0.1) is 0 Å². The Bertz CT molecular complexity index is 928. The summed E-state index contributed by atoms with van der Waals surface area (Å²) in [5, 5.41) is 13.6. The second kappa shape index (κ2) is 40.4. The number of nitrogens with one attached hydrogen (secondary N) is 1. The quantitative estimate of drug-likeness (QED) is 0.0277. The molecule has 0 aromatic carbocycles. The number of phosphoric ester groups is 1. The summed E-state index contributed by atoms with van der Waals surface area (Å²) < 4.78 is 22.1. The maximum Gasteiger partial charge on any atom is 0.472 e. The van der Waals surface area contributed by atoms with Crippen molar-refractivity contribution < 1.29 is 28.4 Å². The molecule has 0 aliphatic carbocycles. The van der Waals surface area contributed by atoms with Crippen LogP contribution in [-0.2, 0) is 18.4 Å². The first-order valence-electron chi connectivity index (χ1n) is 22.1. The number of aliphatic hydroxyl groups is 1. The van der Waals surface area contributed by atoms with Crippen molar-refractivity contribution in [3.8, 4) is 0 Å². The molecule has 0 rings (SSSR count). The number of amides is 1. The standard InChI is InChI=1S/C44H85N2O6P/c1-3-5-7-9-11-13-15-17-19-20-21-22-23-24-25-27-29-31-33-35-37-43(47)42(41-52-53(49,50)51-40-39-45)46-44(48)38-36-34-32-30-28-26-18-16-14-12-10-8-6-4-2/h16,18,27,29,35,37,42-43,47H,3-15,17,19-26,28,30-34,36,38-41,45H2,1-2H3,(H,46,48)(H,49,50)/b18-16-,29-27+,37-35+. The van der Waals surface area contributed by atoms with Crippen molar-refractivity contribution in [1.29, 1.82) is 0 Å². The van der Waals surface area contributed by atoms with E-state index in [0.717, 1.165) is 51.4 Å². The molecule has 0 heterocycles. The molecular weight excluding hydrogens is 683 g/mol. The van der Waals surface area contributed by atoms with Crippen LogP contribution in [0.3, 0.4) is 0 Å². The molecule has 0 radical (unpaired) electrons. The Morgan fingerprint density at radius 3 is 1.45 bits per heavy atom.